The Morgan fingerprint density at radius 1 is 1.19 bits per heavy atom. The molecule has 16 heavy (non-hydrogen) atoms. The lowest BCUT2D eigenvalue weighted by molar-refractivity contribution is -0.137. The van der Waals surface area contributed by atoms with Gasteiger partial charge in [-0.3, -0.25) is 4.79 Å². The number of benzene rings is 1. The Bertz CT molecular complexity index is 385. The molecule has 0 saturated carbocycles. The fourth-order valence-electron chi connectivity index (χ4n) is 1.11. The zero-order valence-corrected chi connectivity index (χ0v) is 8.76. The molecule has 4 nitrogen and oxygen atoms in total. The van der Waals surface area contributed by atoms with Gasteiger partial charge >= 0.3 is 5.97 Å². The predicted molar refractivity (Wildman–Crippen MR) is 59.4 cm³/mol. The van der Waals surface area contributed by atoms with Crippen molar-refractivity contribution < 1.29 is 14.3 Å². The first-order chi connectivity index (χ1) is 7.68. The normalized spacial score (nSPS) is 10.2. The summed E-state index contributed by atoms with van der Waals surface area (Å²) < 4.78 is 4.86. The summed E-state index contributed by atoms with van der Waals surface area (Å²) in [4.78, 5) is 21.3. The summed E-state index contributed by atoms with van der Waals surface area (Å²) in [7, 11) is 0. The number of carbonyl (C=O) groups is 2. The Balaban J connectivity index is 2.26. The highest BCUT2D eigenvalue weighted by Gasteiger charge is 1.98. The molecule has 1 aromatic rings. The maximum Gasteiger partial charge on any atom is 0.330 e. The van der Waals surface area contributed by atoms with Crippen molar-refractivity contribution in [2.75, 3.05) is 6.61 Å². The number of esters is 1. The number of carbonyl (C=O) groups excluding carboxylic acids is 2. The molecular formula is C12H13NO3. The minimum Gasteiger partial charge on any atom is -0.462 e. The predicted octanol–water partition coefficient (Wildman–Crippen LogP) is 0.814. The van der Waals surface area contributed by atoms with E-state index in [9.17, 15) is 9.59 Å². The zero-order valence-electron chi connectivity index (χ0n) is 8.76. The Morgan fingerprint density at radius 3 is 2.50 bits per heavy atom. The van der Waals surface area contributed by atoms with Crippen LogP contribution in [-0.4, -0.2) is 18.5 Å². The van der Waals surface area contributed by atoms with Gasteiger partial charge in [-0.25, -0.2) is 4.79 Å². The topological polar surface area (TPSA) is 69.4 Å². The Labute approximate surface area is 93.7 Å². The first kappa shape index (κ1) is 12.0. The minimum atomic E-state index is -0.667. The molecular weight excluding hydrogens is 206 g/mol. The molecule has 84 valence electrons. The van der Waals surface area contributed by atoms with E-state index in [0.717, 1.165) is 17.7 Å². The molecule has 0 bridgehead atoms. The first-order valence-corrected chi connectivity index (χ1v) is 4.86. The van der Waals surface area contributed by atoms with Crippen LogP contribution in [0.5, 0.6) is 0 Å². The molecule has 0 aliphatic rings. The van der Waals surface area contributed by atoms with Crippen LogP contribution < -0.4 is 5.73 Å². The number of hydrogen-bond acceptors (Lipinski definition) is 3. The van der Waals surface area contributed by atoms with Crippen LogP contribution in [-0.2, 0) is 20.7 Å². The maximum atomic E-state index is 11.0. The van der Waals surface area contributed by atoms with Crippen molar-refractivity contribution in [1.82, 2.24) is 0 Å². The van der Waals surface area contributed by atoms with Gasteiger partial charge in [0.05, 0.1) is 6.61 Å². The lowest BCUT2D eigenvalue weighted by Gasteiger charge is -2.01. The molecule has 1 amide bonds. The third-order valence-electron chi connectivity index (χ3n) is 1.86. The molecule has 0 aromatic heterocycles. The van der Waals surface area contributed by atoms with Crippen LogP contribution in [0.1, 0.15) is 5.56 Å². The van der Waals surface area contributed by atoms with Gasteiger partial charge in [0.15, 0.2) is 0 Å². The molecule has 0 saturated heterocycles. The summed E-state index contributed by atoms with van der Waals surface area (Å²) in [6, 6.07) is 9.67. The average Bonchev–Trinajstić information content (AvgIpc) is 2.28. The lowest BCUT2D eigenvalue weighted by Crippen LogP contribution is -2.09. The van der Waals surface area contributed by atoms with Crippen molar-refractivity contribution in [1.29, 1.82) is 0 Å². The molecule has 0 radical (unpaired) electrons. The molecule has 1 aromatic carbocycles. The number of hydrogen-bond donors (Lipinski definition) is 1. The van der Waals surface area contributed by atoms with Crippen LogP contribution in [0.2, 0.25) is 0 Å². The number of ether oxygens (including phenoxy) is 1. The van der Waals surface area contributed by atoms with Crippen molar-refractivity contribution >= 4 is 11.9 Å². The second-order valence-electron chi connectivity index (χ2n) is 3.14. The highest BCUT2D eigenvalue weighted by Crippen LogP contribution is 1.99. The second kappa shape index (κ2) is 6.40. The summed E-state index contributed by atoms with van der Waals surface area (Å²) >= 11 is 0. The largest absolute Gasteiger partial charge is 0.462 e. The summed E-state index contributed by atoms with van der Waals surface area (Å²) in [5, 5.41) is 0. The van der Waals surface area contributed by atoms with Gasteiger partial charge in [-0.15, -0.1) is 0 Å². The van der Waals surface area contributed by atoms with Crippen molar-refractivity contribution in [2.45, 2.75) is 6.42 Å². The molecule has 0 heterocycles. The van der Waals surface area contributed by atoms with Crippen molar-refractivity contribution in [3.63, 3.8) is 0 Å². The minimum absolute atomic E-state index is 0.284. The fourth-order valence-corrected chi connectivity index (χ4v) is 1.11. The smallest absolute Gasteiger partial charge is 0.330 e. The van der Waals surface area contributed by atoms with Crippen LogP contribution in [0, 0.1) is 0 Å². The van der Waals surface area contributed by atoms with Gasteiger partial charge in [0.25, 0.3) is 0 Å². The summed E-state index contributed by atoms with van der Waals surface area (Å²) in [6.07, 6.45) is 2.65. The van der Waals surface area contributed by atoms with E-state index in [1.807, 2.05) is 30.3 Å². The van der Waals surface area contributed by atoms with Gasteiger partial charge in [0, 0.05) is 18.6 Å². The van der Waals surface area contributed by atoms with Gasteiger partial charge in [-0.1, -0.05) is 30.3 Å². The van der Waals surface area contributed by atoms with Crippen molar-refractivity contribution in [2.24, 2.45) is 5.73 Å². The van der Waals surface area contributed by atoms with E-state index in [-0.39, 0.29) is 6.61 Å². The standard InChI is InChI=1S/C12H13NO3/c13-11(14)6-7-12(15)16-9-8-10-4-2-1-3-5-10/h1-7H,8-9H2,(H2,13,14)/b7-6-. The molecule has 0 spiro atoms. The Hall–Kier alpha value is -2.10. The molecule has 4 heteroatoms. The van der Waals surface area contributed by atoms with Gasteiger partial charge in [0.2, 0.25) is 5.91 Å². The van der Waals surface area contributed by atoms with Crippen LogP contribution in [0.3, 0.4) is 0 Å². The number of rotatable bonds is 5. The molecule has 0 atom stereocenters. The zero-order chi connectivity index (χ0) is 11.8. The third-order valence-corrected chi connectivity index (χ3v) is 1.86. The van der Waals surface area contributed by atoms with Crippen LogP contribution in [0.15, 0.2) is 42.5 Å². The van der Waals surface area contributed by atoms with E-state index in [1.165, 1.54) is 0 Å². The van der Waals surface area contributed by atoms with Gasteiger partial charge < -0.3 is 10.5 Å². The molecule has 0 unspecified atom stereocenters. The number of primary amides is 1. The first-order valence-electron chi connectivity index (χ1n) is 4.86. The summed E-state index contributed by atoms with van der Waals surface area (Å²) in [6.45, 7) is 0.284. The summed E-state index contributed by atoms with van der Waals surface area (Å²) in [5.41, 5.74) is 5.92. The van der Waals surface area contributed by atoms with E-state index in [2.05, 4.69) is 0 Å². The van der Waals surface area contributed by atoms with Crippen LogP contribution in [0.25, 0.3) is 0 Å². The average molecular weight is 219 g/mol. The quantitative estimate of drug-likeness (QED) is 0.588. The van der Waals surface area contributed by atoms with Gasteiger partial charge in [0.1, 0.15) is 0 Å². The fraction of sp³-hybridized carbons (Fsp3) is 0.167. The lowest BCUT2D eigenvalue weighted by atomic mass is 10.2. The third kappa shape index (κ3) is 4.95. The second-order valence-corrected chi connectivity index (χ2v) is 3.14. The number of nitrogens with two attached hydrogens (primary N) is 1. The van der Waals surface area contributed by atoms with E-state index in [0.29, 0.717) is 6.42 Å². The van der Waals surface area contributed by atoms with Crippen molar-refractivity contribution in [3.05, 3.63) is 48.0 Å². The van der Waals surface area contributed by atoms with Crippen LogP contribution >= 0.6 is 0 Å². The summed E-state index contributed by atoms with van der Waals surface area (Å²) in [5.74, 6) is -1.23. The Morgan fingerprint density at radius 2 is 1.88 bits per heavy atom. The van der Waals surface area contributed by atoms with E-state index in [4.69, 9.17) is 10.5 Å². The molecule has 0 aliphatic heterocycles. The van der Waals surface area contributed by atoms with Gasteiger partial charge in [-0.2, -0.15) is 0 Å². The van der Waals surface area contributed by atoms with E-state index < -0.39 is 11.9 Å². The molecule has 2 N–H and O–H groups in total. The molecule has 1 rings (SSSR count). The van der Waals surface area contributed by atoms with E-state index in [1.54, 1.807) is 0 Å². The molecule has 0 aliphatic carbocycles. The molecule has 0 fully saturated rings. The van der Waals surface area contributed by atoms with Crippen LogP contribution in [0.4, 0.5) is 0 Å². The van der Waals surface area contributed by atoms with E-state index >= 15 is 0 Å². The Kier molecular flexibility index (Phi) is 4.79. The highest BCUT2D eigenvalue weighted by atomic mass is 16.5. The van der Waals surface area contributed by atoms with Gasteiger partial charge in [-0.05, 0) is 5.56 Å². The number of amides is 1. The highest BCUT2D eigenvalue weighted by molar-refractivity contribution is 5.93. The monoisotopic (exact) mass is 219 g/mol. The maximum absolute atomic E-state index is 11.0. The SMILES string of the molecule is NC(=O)/C=C\C(=O)OCCc1ccccc1. The van der Waals surface area contributed by atoms with Crippen molar-refractivity contribution in [3.8, 4) is 0 Å².